The van der Waals surface area contributed by atoms with Crippen molar-refractivity contribution in [3.05, 3.63) is 77.3 Å². The number of carbonyl (C=O) groups is 3. The molecule has 0 aliphatic heterocycles. The molecule has 0 unspecified atom stereocenters. The van der Waals surface area contributed by atoms with Crippen molar-refractivity contribution in [2.45, 2.75) is 51.6 Å². The third-order valence-electron chi connectivity index (χ3n) is 5.64. The Kier molecular flexibility index (Phi) is 9.55. The number of carbonyl (C=O) groups excluding carboxylic acids is 3. The van der Waals surface area contributed by atoms with Crippen molar-refractivity contribution in [3.8, 4) is 0 Å². The second-order valence-corrected chi connectivity index (χ2v) is 9.40. The summed E-state index contributed by atoms with van der Waals surface area (Å²) in [5.74, 6) is -0.831. The van der Waals surface area contributed by atoms with Gasteiger partial charge in [0.1, 0.15) is 6.04 Å². The van der Waals surface area contributed by atoms with E-state index < -0.39 is 6.04 Å². The van der Waals surface area contributed by atoms with Gasteiger partial charge in [0.05, 0.1) is 21.3 Å². The zero-order valence-electron chi connectivity index (χ0n) is 20.2. The molecule has 2 atom stereocenters. The zero-order valence-corrected chi connectivity index (χ0v) is 21.0. The van der Waals surface area contributed by atoms with E-state index in [1.54, 1.807) is 6.92 Å². The number of amides is 3. The van der Waals surface area contributed by atoms with Crippen LogP contribution in [0.15, 0.2) is 61.2 Å². The summed E-state index contributed by atoms with van der Waals surface area (Å²) in [4.78, 5) is 42.0. The number of nitrogens with one attached hydrogen (secondary N) is 3. The summed E-state index contributed by atoms with van der Waals surface area (Å²) in [7, 11) is 0. The van der Waals surface area contributed by atoms with E-state index in [0.717, 1.165) is 27.2 Å². The van der Waals surface area contributed by atoms with Crippen LogP contribution in [0, 0.1) is 0 Å². The highest BCUT2D eigenvalue weighted by Gasteiger charge is 2.25. The van der Waals surface area contributed by atoms with Gasteiger partial charge < -0.3 is 16.0 Å². The Labute approximate surface area is 210 Å². The van der Waals surface area contributed by atoms with Crippen LogP contribution in [0.2, 0.25) is 0 Å². The van der Waals surface area contributed by atoms with Gasteiger partial charge in [0.2, 0.25) is 17.7 Å². The maximum absolute atomic E-state index is 13.3. The van der Waals surface area contributed by atoms with E-state index >= 15 is 0 Å². The van der Waals surface area contributed by atoms with E-state index in [2.05, 4.69) is 46.6 Å². The SMILES string of the molecule is C=CC(=O)NC[C@H](Cc1ccccc1)NC(=O)[C@H](Cc1nc2ccc(CC)cc2s1)NC(=O)CC. The minimum Gasteiger partial charge on any atom is -0.350 e. The number of aryl methyl sites for hydroxylation is 1. The number of hydrogen-bond acceptors (Lipinski definition) is 5. The molecule has 0 saturated heterocycles. The molecule has 0 saturated carbocycles. The summed E-state index contributed by atoms with van der Waals surface area (Å²) >= 11 is 1.54. The normalized spacial score (nSPS) is 12.5. The molecule has 0 bridgehead atoms. The molecule has 1 heterocycles. The Morgan fingerprint density at radius 2 is 1.80 bits per heavy atom. The van der Waals surface area contributed by atoms with Crippen molar-refractivity contribution >= 4 is 39.3 Å². The first-order chi connectivity index (χ1) is 16.9. The molecule has 0 fully saturated rings. The summed E-state index contributed by atoms with van der Waals surface area (Å²) < 4.78 is 1.06. The number of aromatic nitrogens is 1. The van der Waals surface area contributed by atoms with Crippen LogP contribution < -0.4 is 16.0 Å². The Bertz CT molecular complexity index is 1180. The molecule has 3 aromatic rings. The first-order valence-corrected chi connectivity index (χ1v) is 12.7. The van der Waals surface area contributed by atoms with Gasteiger partial charge in [-0.15, -0.1) is 11.3 Å². The molecule has 3 amide bonds. The molecule has 3 rings (SSSR count). The smallest absolute Gasteiger partial charge is 0.243 e. The maximum Gasteiger partial charge on any atom is 0.243 e. The number of rotatable bonds is 12. The average Bonchev–Trinajstić information content (AvgIpc) is 3.28. The van der Waals surface area contributed by atoms with Gasteiger partial charge >= 0.3 is 0 Å². The van der Waals surface area contributed by atoms with Crippen LogP contribution >= 0.6 is 11.3 Å². The van der Waals surface area contributed by atoms with Crippen LogP contribution in [0.3, 0.4) is 0 Å². The molecule has 0 spiro atoms. The highest BCUT2D eigenvalue weighted by molar-refractivity contribution is 7.18. The number of fused-ring (bicyclic) bond motifs is 1. The van der Waals surface area contributed by atoms with E-state index in [1.165, 1.54) is 23.0 Å². The quantitative estimate of drug-likeness (QED) is 0.338. The van der Waals surface area contributed by atoms with Crippen molar-refractivity contribution in [2.75, 3.05) is 6.54 Å². The second-order valence-electron chi connectivity index (χ2n) is 8.29. The van der Waals surface area contributed by atoms with Crippen molar-refractivity contribution in [1.82, 2.24) is 20.9 Å². The van der Waals surface area contributed by atoms with Gasteiger partial charge in [-0.05, 0) is 42.2 Å². The molecule has 0 radical (unpaired) electrons. The molecule has 184 valence electrons. The van der Waals surface area contributed by atoms with Gasteiger partial charge in [0, 0.05) is 19.4 Å². The molecule has 1 aromatic heterocycles. The lowest BCUT2D eigenvalue weighted by Crippen LogP contribution is -2.53. The highest BCUT2D eigenvalue weighted by atomic mass is 32.1. The van der Waals surface area contributed by atoms with Gasteiger partial charge in [-0.2, -0.15) is 0 Å². The Morgan fingerprint density at radius 1 is 1.03 bits per heavy atom. The first-order valence-electron chi connectivity index (χ1n) is 11.8. The molecular formula is C27H32N4O3S. The van der Waals surface area contributed by atoms with Gasteiger partial charge in [-0.1, -0.05) is 56.8 Å². The minimum atomic E-state index is -0.776. The Balaban J connectivity index is 1.78. The van der Waals surface area contributed by atoms with E-state index in [1.807, 2.05) is 36.4 Å². The van der Waals surface area contributed by atoms with Crippen LogP contribution in [0.5, 0.6) is 0 Å². The fraction of sp³-hybridized carbons (Fsp3) is 0.333. The molecule has 2 aromatic carbocycles. The Hall–Kier alpha value is -3.52. The lowest BCUT2D eigenvalue weighted by atomic mass is 10.0. The molecule has 35 heavy (non-hydrogen) atoms. The molecule has 8 heteroatoms. The van der Waals surface area contributed by atoms with Crippen molar-refractivity contribution in [2.24, 2.45) is 0 Å². The van der Waals surface area contributed by atoms with Crippen LogP contribution in [-0.4, -0.2) is 41.3 Å². The van der Waals surface area contributed by atoms with E-state index in [-0.39, 0.29) is 43.1 Å². The highest BCUT2D eigenvalue weighted by Crippen LogP contribution is 2.24. The molecule has 3 N–H and O–H groups in total. The van der Waals surface area contributed by atoms with Crippen molar-refractivity contribution in [1.29, 1.82) is 0 Å². The monoisotopic (exact) mass is 492 g/mol. The maximum atomic E-state index is 13.3. The minimum absolute atomic E-state index is 0.209. The molecular weight excluding hydrogens is 460 g/mol. The molecule has 0 aliphatic carbocycles. The summed E-state index contributed by atoms with van der Waals surface area (Å²) in [6.07, 6.45) is 3.22. The largest absolute Gasteiger partial charge is 0.350 e. The number of thiazole rings is 1. The lowest BCUT2D eigenvalue weighted by Gasteiger charge is -2.23. The first kappa shape index (κ1) is 26.1. The number of benzene rings is 2. The summed E-state index contributed by atoms with van der Waals surface area (Å²) in [6, 6.07) is 14.7. The lowest BCUT2D eigenvalue weighted by molar-refractivity contribution is -0.129. The third-order valence-corrected chi connectivity index (χ3v) is 6.68. The zero-order chi connectivity index (χ0) is 25.2. The molecule has 7 nitrogen and oxygen atoms in total. The van der Waals surface area contributed by atoms with Crippen molar-refractivity contribution in [3.63, 3.8) is 0 Å². The number of hydrogen-bond donors (Lipinski definition) is 3. The fourth-order valence-corrected chi connectivity index (χ4v) is 4.75. The predicted octanol–water partition coefficient (Wildman–Crippen LogP) is 3.33. The van der Waals surface area contributed by atoms with Crippen LogP contribution in [0.4, 0.5) is 0 Å². The third kappa shape index (κ3) is 7.75. The Morgan fingerprint density at radius 3 is 2.49 bits per heavy atom. The average molecular weight is 493 g/mol. The van der Waals surface area contributed by atoms with E-state index in [9.17, 15) is 14.4 Å². The van der Waals surface area contributed by atoms with Gasteiger partial charge in [-0.25, -0.2) is 4.98 Å². The summed E-state index contributed by atoms with van der Waals surface area (Å²) in [5.41, 5.74) is 3.14. The van der Waals surface area contributed by atoms with Gasteiger partial charge in [0.15, 0.2) is 0 Å². The summed E-state index contributed by atoms with van der Waals surface area (Å²) in [5, 5.41) is 9.40. The van der Waals surface area contributed by atoms with Crippen LogP contribution in [0.25, 0.3) is 10.2 Å². The van der Waals surface area contributed by atoms with Crippen molar-refractivity contribution < 1.29 is 14.4 Å². The molecule has 0 aliphatic rings. The van der Waals surface area contributed by atoms with E-state index in [4.69, 9.17) is 0 Å². The van der Waals surface area contributed by atoms with Gasteiger partial charge in [0.25, 0.3) is 0 Å². The van der Waals surface area contributed by atoms with Crippen LogP contribution in [0.1, 0.15) is 36.4 Å². The van der Waals surface area contributed by atoms with E-state index in [0.29, 0.717) is 6.42 Å². The predicted molar refractivity (Wildman–Crippen MR) is 140 cm³/mol. The summed E-state index contributed by atoms with van der Waals surface area (Å²) in [6.45, 7) is 7.57. The fourth-order valence-electron chi connectivity index (χ4n) is 3.67. The van der Waals surface area contributed by atoms with Crippen LogP contribution in [-0.2, 0) is 33.6 Å². The topological polar surface area (TPSA) is 100 Å². The second kappa shape index (κ2) is 12.8. The number of nitrogens with zero attached hydrogens (tertiary/aromatic N) is 1. The van der Waals surface area contributed by atoms with Gasteiger partial charge in [-0.3, -0.25) is 14.4 Å². The standard InChI is InChI=1S/C27H32N4O3S/c1-4-18-12-13-21-23(15-18)35-26(31-21)16-22(30-25(33)6-3)27(34)29-20(17-28-24(32)5-2)14-19-10-8-7-9-11-19/h5,7-13,15,20,22H,2,4,6,14,16-17H2,1,3H3,(H,28,32)(H,29,34)(H,30,33)/t20-,22-/m0/s1.